The van der Waals surface area contributed by atoms with Crippen LogP contribution >= 0.6 is 0 Å². The number of carbonyl (C=O) groups is 2. The van der Waals surface area contributed by atoms with E-state index >= 15 is 0 Å². The average molecular weight is 357 g/mol. The number of nitrogens with zero attached hydrogens (tertiary/aromatic N) is 1. The van der Waals surface area contributed by atoms with E-state index in [-0.39, 0.29) is 24.3 Å². The Kier molecular flexibility index (Phi) is 5.97. The molecule has 0 saturated heterocycles. The number of hydrogen-bond acceptors (Lipinski definition) is 3. The van der Waals surface area contributed by atoms with Gasteiger partial charge in [0.15, 0.2) is 0 Å². The van der Waals surface area contributed by atoms with Crippen molar-refractivity contribution in [3.05, 3.63) is 35.9 Å². The summed E-state index contributed by atoms with van der Waals surface area (Å²) in [6, 6.07) is 10.3. The molecule has 2 aliphatic carbocycles. The number of benzene rings is 1. The second-order valence-electron chi connectivity index (χ2n) is 7.85. The predicted molar refractivity (Wildman–Crippen MR) is 102 cm³/mol. The summed E-state index contributed by atoms with van der Waals surface area (Å²) in [7, 11) is 0. The van der Waals surface area contributed by atoms with E-state index in [1.807, 2.05) is 17.9 Å². The Hall–Kier alpha value is -1.88. The van der Waals surface area contributed by atoms with E-state index in [1.54, 1.807) is 0 Å². The van der Waals surface area contributed by atoms with Crippen molar-refractivity contribution in [3.63, 3.8) is 0 Å². The maximum Gasteiger partial charge on any atom is 0.239 e. The van der Waals surface area contributed by atoms with Crippen molar-refractivity contribution in [3.8, 4) is 0 Å². The van der Waals surface area contributed by atoms with E-state index in [0.717, 1.165) is 0 Å². The highest BCUT2D eigenvalue weighted by atomic mass is 16.2. The summed E-state index contributed by atoms with van der Waals surface area (Å²) in [6.07, 6.45) is 5.04. The van der Waals surface area contributed by atoms with Crippen molar-refractivity contribution in [1.82, 2.24) is 4.90 Å². The van der Waals surface area contributed by atoms with Gasteiger partial charge in [-0.1, -0.05) is 30.3 Å². The summed E-state index contributed by atoms with van der Waals surface area (Å²) in [5.74, 6) is 1.34. The third-order valence-corrected chi connectivity index (χ3v) is 6.30. The van der Waals surface area contributed by atoms with E-state index in [2.05, 4.69) is 24.3 Å². The minimum absolute atomic E-state index is 0.0236. The van der Waals surface area contributed by atoms with Crippen LogP contribution in [0.4, 0.5) is 0 Å². The lowest BCUT2D eigenvalue weighted by Gasteiger charge is -2.40. The van der Waals surface area contributed by atoms with Crippen molar-refractivity contribution < 1.29 is 9.59 Å². The summed E-state index contributed by atoms with van der Waals surface area (Å²) in [5, 5.41) is 0. The number of fused-ring (bicyclic) bond motifs is 2. The Morgan fingerprint density at radius 3 is 2.54 bits per heavy atom. The zero-order valence-corrected chi connectivity index (χ0v) is 15.6. The van der Waals surface area contributed by atoms with Crippen LogP contribution in [0, 0.1) is 11.8 Å². The SMILES string of the molecule is CCN(C(=O)C(N)CCCC(N)=O)[C@H]1C2CCC(C2)C1c1ccccc1. The van der Waals surface area contributed by atoms with E-state index in [1.165, 1.54) is 24.8 Å². The van der Waals surface area contributed by atoms with Crippen molar-refractivity contribution >= 4 is 11.8 Å². The van der Waals surface area contributed by atoms with Gasteiger partial charge in [-0.15, -0.1) is 0 Å². The minimum Gasteiger partial charge on any atom is -0.370 e. The molecule has 1 aromatic carbocycles. The second kappa shape index (κ2) is 8.21. The van der Waals surface area contributed by atoms with Gasteiger partial charge < -0.3 is 16.4 Å². The molecule has 5 heteroatoms. The summed E-state index contributed by atoms with van der Waals surface area (Å²) < 4.78 is 0. The zero-order valence-electron chi connectivity index (χ0n) is 15.6. The lowest BCUT2D eigenvalue weighted by molar-refractivity contribution is -0.136. The Labute approximate surface area is 156 Å². The van der Waals surface area contributed by atoms with Crippen molar-refractivity contribution in [2.24, 2.45) is 23.3 Å². The van der Waals surface area contributed by atoms with Crippen LogP contribution in [0.3, 0.4) is 0 Å². The van der Waals surface area contributed by atoms with Gasteiger partial charge in [0.1, 0.15) is 0 Å². The smallest absolute Gasteiger partial charge is 0.239 e. The first-order chi connectivity index (χ1) is 12.5. The number of primary amides is 1. The van der Waals surface area contributed by atoms with Gasteiger partial charge in [-0.3, -0.25) is 9.59 Å². The van der Waals surface area contributed by atoms with Crippen LogP contribution in [0.1, 0.15) is 56.9 Å². The molecular weight excluding hydrogens is 326 g/mol. The summed E-state index contributed by atoms with van der Waals surface area (Å²) in [5.41, 5.74) is 12.7. The summed E-state index contributed by atoms with van der Waals surface area (Å²) in [4.78, 5) is 26.0. The van der Waals surface area contributed by atoms with E-state index in [9.17, 15) is 9.59 Å². The largest absolute Gasteiger partial charge is 0.370 e. The van der Waals surface area contributed by atoms with Gasteiger partial charge in [0.25, 0.3) is 0 Å². The summed E-state index contributed by atoms with van der Waals surface area (Å²) >= 11 is 0. The Balaban J connectivity index is 1.75. The quantitative estimate of drug-likeness (QED) is 0.748. The molecule has 2 aliphatic rings. The maximum absolute atomic E-state index is 13.1. The first-order valence-corrected chi connectivity index (χ1v) is 9.92. The molecular formula is C21H31N3O2. The molecule has 0 heterocycles. The van der Waals surface area contributed by atoms with Crippen LogP contribution in [-0.2, 0) is 9.59 Å². The number of nitrogens with two attached hydrogens (primary N) is 2. The molecule has 5 atom stereocenters. The molecule has 4 unspecified atom stereocenters. The van der Waals surface area contributed by atoms with Crippen LogP contribution < -0.4 is 11.5 Å². The molecule has 0 radical (unpaired) electrons. The predicted octanol–water partition coefficient (Wildman–Crippen LogP) is 2.40. The first-order valence-electron chi connectivity index (χ1n) is 9.92. The fourth-order valence-electron chi connectivity index (χ4n) is 5.20. The van der Waals surface area contributed by atoms with Crippen molar-refractivity contribution in [1.29, 1.82) is 0 Å². The molecule has 3 rings (SSSR count). The molecule has 1 aromatic rings. The van der Waals surface area contributed by atoms with Crippen LogP contribution in [0.25, 0.3) is 0 Å². The van der Waals surface area contributed by atoms with Gasteiger partial charge in [-0.2, -0.15) is 0 Å². The van der Waals surface area contributed by atoms with Gasteiger partial charge in [0.2, 0.25) is 11.8 Å². The molecule has 5 nitrogen and oxygen atoms in total. The lowest BCUT2D eigenvalue weighted by atomic mass is 9.78. The van der Waals surface area contributed by atoms with Gasteiger partial charge >= 0.3 is 0 Å². The van der Waals surface area contributed by atoms with Crippen LogP contribution in [0.5, 0.6) is 0 Å². The number of rotatable bonds is 8. The van der Waals surface area contributed by atoms with Gasteiger partial charge in [-0.05, 0) is 56.4 Å². The normalized spacial score (nSPS) is 28.1. The Morgan fingerprint density at radius 2 is 1.88 bits per heavy atom. The highest BCUT2D eigenvalue weighted by Gasteiger charge is 2.51. The number of hydrogen-bond donors (Lipinski definition) is 2. The van der Waals surface area contributed by atoms with E-state index in [0.29, 0.717) is 37.1 Å². The minimum atomic E-state index is -0.551. The van der Waals surface area contributed by atoms with Crippen LogP contribution in [-0.4, -0.2) is 35.3 Å². The molecule has 26 heavy (non-hydrogen) atoms. The van der Waals surface area contributed by atoms with Crippen molar-refractivity contribution in [2.45, 2.75) is 63.5 Å². The second-order valence-corrected chi connectivity index (χ2v) is 7.85. The molecule has 0 aliphatic heterocycles. The van der Waals surface area contributed by atoms with E-state index < -0.39 is 6.04 Å². The third kappa shape index (κ3) is 3.78. The van der Waals surface area contributed by atoms with E-state index in [4.69, 9.17) is 11.5 Å². The molecule has 2 amide bonds. The molecule has 2 fully saturated rings. The monoisotopic (exact) mass is 357 g/mol. The standard InChI is InChI=1S/C21H31N3O2/c1-2-24(21(26)17(22)9-6-10-18(23)25)20-16-12-11-15(13-16)19(20)14-7-4-3-5-8-14/h3-5,7-8,15-17,19-20H,2,6,9-13,22H2,1H3,(H2,23,25)/t15?,16?,17?,19?,20-/m0/s1. The van der Waals surface area contributed by atoms with Gasteiger partial charge in [0.05, 0.1) is 6.04 Å². The van der Waals surface area contributed by atoms with Crippen LogP contribution in [0.15, 0.2) is 30.3 Å². The topological polar surface area (TPSA) is 89.4 Å². The zero-order chi connectivity index (χ0) is 18.7. The fraction of sp³-hybridized carbons (Fsp3) is 0.619. The number of carbonyl (C=O) groups excluding carboxylic acids is 2. The molecule has 4 N–H and O–H groups in total. The number of amides is 2. The molecule has 0 spiro atoms. The summed E-state index contributed by atoms with van der Waals surface area (Å²) in [6.45, 7) is 2.72. The molecule has 142 valence electrons. The lowest BCUT2D eigenvalue weighted by Crippen LogP contribution is -2.52. The average Bonchev–Trinajstić information content (AvgIpc) is 3.24. The Morgan fingerprint density at radius 1 is 1.19 bits per heavy atom. The van der Waals surface area contributed by atoms with Crippen molar-refractivity contribution in [2.75, 3.05) is 6.54 Å². The first kappa shape index (κ1) is 18.9. The molecule has 2 saturated carbocycles. The highest BCUT2D eigenvalue weighted by molar-refractivity contribution is 5.82. The molecule has 2 bridgehead atoms. The van der Waals surface area contributed by atoms with Crippen LogP contribution in [0.2, 0.25) is 0 Å². The third-order valence-electron chi connectivity index (χ3n) is 6.30. The van der Waals surface area contributed by atoms with Gasteiger partial charge in [-0.25, -0.2) is 0 Å². The maximum atomic E-state index is 13.1. The molecule has 0 aromatic heterocycles. The number of likely N-dealkylation sites (N-methyl/N-ethyl adjacent to an activating group) is 1. The Bertz CT molecular complexity index is 633. The highest BCUT2D eigenvalue weighted by Crippen LogP contribution is 2.54. The van der Waals surface area contributed by atoms with Gasteiger partial charge in [0, 0.05) is 24.9 Å². The fourth-order valence-corrected chi connectivity index (χ4v) is 5.20.